The van der Waals surface area contributed by atoms with Crippen molar-refractivity contribution in [2.45, 2.75) is 49.3 Å². The first-order valence-electron chi connectivity index (χ1n) is 7.28. The molecule has 1 fully saturated rings. The maximum atomic E-state index is 12.4. The third kappa shape index (κ3) is 4.03. The number of nitrogens with one attached hydrogen (secondary N) is 2. The third-order valence-electron chi connectivity index (χ3n) is 4.16. The summed E-state index contributed by atoms with van der Waals surface area (Å²) in [5, 5.41) is 3.13. The average molecular weight is 312 g/mol. The normalized spacial score (nSPS) is 24.1. The molecule has 2 N–H and O–H groups in total. The second-order valence-corrected chi connectivity index (χ2v) is 7.28. The van der Waals surface area contributed by atoms with Gasteiger partial charge in [-0.25, -0.2) is 13.1 Å². The zero-order valence-corrected chi connectivity index (χ0v) is 13.6. The van der Waals surface area contributed by atoms with Crippen LogP contribution in [0.1, 0.15) is 37.8 Å². The lowest BCUT2D eigenvalue weighted by molar-refractivity contribution is 0.107. The molecule has 1 aliphatic rings. The molecule has 1 aromatic carbocycles. The van der Waals surface area contributed by atoms with Crippen molar-refractivity contribution in [3.8, 4) is 0 Å². The van der Waals surface area contributed by atoms with Crippen LogP contribution < -0.4 is 10.0 Å². The Morgan fingerprint density at radius 3 is 2.43 bits per heavy atom. The third-order valence-corrected chi connectivity index (χ3v) is 5.70. The Hall–Kier alpha value is -0.950. The first-order chi connectivity index (χ1) is 9.96. The van der Waals surface area contributed by atoms with E-state index in [1.165, 1.54) is 0 Å². The molecule has 0 aromatic heterocycles. The second-order valence-electron chi connectivity index (χ2n) is 5.57. The van der Waals surface area contributed by atoms with E-state index >= 15 is 0 Å². The van der Waals surface area contributed by atoms with Crippen molar-refractivity contribution >= 4 is 10.0 Å². The van der Waals surface area contributed by atoms with Crippen molar-refractivity contribution < 1.29 is 13.2 Å². The summed E-state index contributed by atoms with van der Waals surface area (Å²) in [6.07, 6.45) is 2.64. The lowest BCUT2D eigenvalue weighted by Gasteiger charge is -2.15. The number of methoxy groups -OCH3 is 1. The largest absolute Gasteiger partial charge is 0.381 e. The van der Waals surface area contributed by atoms with Crippen LogP contribution in [0.5, 0.6) is 0 Å². The Morgan fingerprint density at radius 2 is 1.90 bits per heavy atom. The minimum atomic E-state index is -3.45. The summed E-state index contributed by atoms with van der Waals surface area (Å²) in [5.74, 6) is 0. The fourth-order valence-corrected chi connectivity index (χ4v) is 3.93. The van der Waals surface area contributed by atoms with Crippen molar-refractivity contribution in [2.24, 2.45) is 0 Å². The van der Waals surface area contributed by atoms with Gasteiger partial charge in [0.25, 0.3) is 0 Å². The number of hydrogen-bond acceptors (Lipinski definition) is 4. The molecule has 0 bridgehead atoms. The van der Waals surface area contributed by atoms with Gasteiger partial charge in [0.05, 0.1) is 11.0 Å². The number of ether oxygens (including phenoxy) is 1. The first-order valence-corrected chi connectivity index (χ1v) is 8.77. The van der Waals surface area contributed by atoms with E-state index in [4.69, 9.17) is 4.74 Å². The molecule has 1 saturated carbocycles. The Balaban J connectivity index is 2.06. The molecule has 5 nitrogen and oxygen atoms in total. The molecule has 3 unspecified atom stereocenters. The molecule has 0 aliphatic heterocycles. The van der Waals surface area contributed by atoms with Crippen LogP contribution in [-0.2, 0) is 14.8 Å². The highest BCUT2D eigenvalue weighted by Crippen LogP contribution is 2.23. The molecule has 0 radical (unpaired) electrons. The molecule has 3 atom stereocenters. The van der Waals surface area contributed by atoms with Gasteiger partial charge in [-0.15, -0.1) is 0 Å². The van der Waals surface area contributed by atoms with Crippen molar-refractivity contribution in [3.05, 3.63) is 29.8 Å². The number of rotatable bonds is 6. The van der Waals surface area contributed by atoms with Crippen LogP contribution in [0.4, 0.5) is 0 Å². The quantitative estimate of drug-likeness (QED) is 0.841. The maximum absolute atomic E-state index is 12.4. The molecule has 0 spiro atoms. The van der Waals surface area contributed by atoms with Crippen molar-refractivity contribution in [1.29, 1.82) is 0 Å². The topological polar surface area (TPSA) is 67.4 Å². The van der Waals surface area contributed by atoms with Gasteiger partial charge in [-0.2, -0.15) is 0 Å². The highest BCUT2D eigenvalue weighted by Gasteiger charge is 2.28. The lowest BCUT2D eigenvalue weighted by Crippen LogP contribution is -2.33. The standard InChI is InChI=1S/C15H24N2O3S/c1-11(16-2)12-4-8-15(9-5-12)21(18,19)17-13-6-7-14(10-13)20-3/h4-5,8-9,11,13-14,16-17H,6-7,10H2,1-3H3. The molecule has 118 valence electrons. The van der Waals surface area contributed by atoms with E-state index < -0.39 is 10.0 Å². The summed E-state index contributed by atoms with van der Waals surface area (Å²) in [6, 6.07) is 7.19. The van der Waals surface area contributed by atoms with Crippen LogP contribution in [-0.4, -0.2) is 34.7 Å². The molecule has 1 aromatic rings. The smallest absolute Gasteiger partial charge is 0.240 e. The molecule has 2 rings (SSSR count). The van der Waals surface area contributed by atoms with Gasteiger partial charge in [0, 0.05) is 19.2 Å². The van der Waals surface area contributed by atoms with E-state index in [1.807, 2.05) is 26.1 Å². The Kier molecular flexibility index (Phi) is 5.37. The highest BCUT2D eigenvalue weighted by atomic mass is 32.2. The number of sulfonamides is 1. The molecule has 0 heterocycles. The van der Waals surface area contributed by atoms with Gasteiger partial charge in [0.2, 0.25) is 10.0 Å². The zero-order chi connectivity index (χ0) is 15.5. The van der Waals surface area contributed by atoms with Gasteiger partial charge in [-0.3, -0.25) is 0 Å². The summed E-state index contributed by atoms with van der Waals surface area (Å²) in [4.78, 5) is 0.315. The molecular weight excluding hydrogens is 288 g/mol. The zero-order valence-electron chi connectivity index (χ0n) is 12.8. The molecule has 21 heavy (non-hydrogen) atoms. The van der Waals surface area contributed by atoms with Crippen molar-refractivity contribution in [3.63, 3.8) is 0 Å². The minimum Gasteiger partial charge on any atom is -0.381 e. The first kappa shape index (κ1) is 16.4. The van der Waals surface area contributed by atoms with Crippen molar-refractivity contribution in [1.82, 2.24) is 10.0 Å². The summed E-state index contributed by atoms with van der Waals surface area (Å²) >= 11 is 0. The van der Waals surface area contributed by atoms with Gasteiger partial charge in [0.15, 0.2) is 0 Å². The Labute approximate surface area is 127 Å². The Bertz CT molecular complexity index is 557. The van der Waals surface area contributed by atoms with E-state index in [0.29, 0.717) is 4.90 Å². The summed E-state index contributed by atoms with van der Waals surface area (Å²) in [6.45, 7) is 2.03. The van der Waals surface area contributed by atoms with E-state index in [1.54, 1.807) is 19.2 Å². The van der Waals surface area contributed by atoms with Crippen LogP contribution in [0.15, 0.2) is 29.2 Å². The monoisotopic (exact) mass is 312 g/mol. The summed E-state index contributed by atoms with van der Waals surface area (Å²) < 4.78 is 32.8. The van der Waals surface area contributed by atoms with Gasteiger partial charge >= 0.3 is 0 Å². The molecule has 0 saturated heterocycles. The molecule has 6 heteroatoms. The lowest BCUT2D eigenvalue weighted by atomic mass is 10.1. The molecular formula is C15H24N2O3S. The summed E-state index contributed by atoms with van der Waals surface area (Å²) in [5.41, 5.74) is 1.07. The fourth-order valence-electron chi connectivity index (χ4n) is 2.65. The molecule has 1 aliphatic carbocycles. The maximum Gasteiger partial charge on any atom is 0.240 e. The van der Waals surface area contributed by atoms with Gasteiger partial charge < -0.3 is 10.1 Å². The van der Waals surface area contributed by atoms with E-state index in [0.717, 1.165) is 24.8 Å². The number of hydrogen-bond donors (Lipinski definition) is 2. The highest BCUT2D eigenvalue weighted by molar-refractivity contribution is 7.89. The SMILES string of the molecule is CNC(C)c1ccc(S(=O)(=O)NC2CCC(OC)C2)cc1. The fraction of sp³-hybridized carbons (Fsp3) is 0.600. The number of benzene rings is 1. The minimum absolute atomic E-state index is 0.0316. The predicted octanol–water partition coefficient (Wildman–Crippen LogP) is 1.81. The van der Waals surface area contributed by atoms with Crippen LogP contribution in [0.3, 0.4) is 0 Å². The van der Waals surface area contributed by atoms with E-state index in [-0.39, 0.29) is 18.2 Å². The van der Waals surface area contributed by atoms with Gasteiger partial charge in [0.1, 0.15) is 0 Å². The van der Waals surface area contributed by atoms with Crippen LogP contribution in [0.25, 0.3) is 0 Å². The van der Waals surface area contributed by atoms with Gasteiger partial charge in [-0.1, -0.05) is 12.1 Å². The predicted molar refractivity (Wildman–Crippen MR) is 82.7 cm³/mol. The average Bonchev–Trinajstić information content (AvgIpc) is 2.93. The summed E-state index contributed by atoms with van der Waals surface area (Å²) in [7, 11) is 0.0975. The Morgan fingerprint density at radius 1 is 1.24 bits per heavy atom. The molecule has 0 amide bonds. The van der Waals surface area contributed by atoms with Crippen LogP contribution >= 0.6 is 0 Å². The van der Waals surface area contributed by atoms with Crippen molar-refractivity contribution in [2.75, 3.05) is 14.2 Å². The van der Waals surface area contributed by atoms with E-state index in [2.05, 4.69) is 10.0 Å². The second kappa shape index (κ2) is 6.87. The van der Waals surface area contributed by atoms with Crippen LogP contribution in [0, 0.1) is 0 Å². The van der Waals surface area contributed by atoms with E-state index in [9.17, 15) is 8.42 Å². The van der Waals surface area contributed by atoms with Gasteiger partial charge in [-0.05, 0) is 50.9 Å². The van der Waals surface area contributed by atoms with Crippen LogP contribution in [0.2, 0.25) is 0 Å².